The van der Waals surface area contributed by atoms with E-state index < -0.39 is 17.2 Å². The van der Waals surface area contributed by atoms with Crippen LogP contribution in [0.4, 0.5) is 14.5 Å². The molecule has 1 aromatic rings. The number of nitrogens with zero attached hydrogens (tertiary/aromatic N) is 1. The quantitative estimate of drug-likeness (QED) is 0.926. The van der Waals surface area contributed by atoms with Gasteiger partial charge in [-0.1, -0.05) is 0 Å². The van der Waals surface area contributed by atoms with Crippen LogP contribution in [0.1, 0.15) is 26.3 Å². The average Bonchev–Trinajstić information content (AvgIpc) is 2.25. The molecule has 0 aliphatic carbocycles. The Labute approximate surface area is 118 Å². The van der Waals surface area contributed by atoms with Crippen molar-refractivity contribution in [3.63, 3.8) is 0 Å². The average molecular weight is 284 g/mol. The number of benzene rings is 1. The Kier molecular flexibility index (Phi) is 4.30. The van der Waals surface area contributed by atoms with Crippen molar-refractivity contribution in [3.8, 4) is 0 Å². The van der Waals surface area contributed by atoms with Crippen LogP contribution >= 0.6 is 0 Å². The number of anilines is 1. The van der Waals surface area contributed by atoms with Crippen LogP contribution in [0.3, 0.4) is 0 Å². The molecule has 1 atom stereocenters. The molecule has 1 heterocycles. The number of hydrogen-bond donors (Lipinski definition) is 1. The van der Waals surface area contributed by atoms with Crippen molar-refractivity contribution in [1.29, 1.82) is 0 Å². The van der Waals surface area contributed by atoms with Crippen LogP contribution in [0.5, 0.6) is 0 Å². The van der Waals surface area contributed by atoms with E-state index in [0.29, 0.717) is 31.6 Å². The van der Waals surface area contributed by atoms with Crippen molar-refractivity contribution in [2.24, 2.45) is 5.73 Å². The molecule has 0 aromatic heterocycles. The van der Waals surface area contributed by atoms with Crippen LogP contribution in [0.2, 0.25) is 0 Å². The second-order valence-electron chi connectivity index (χ2n) is 6.02. The summed E-state index contributed by atoms with van der Waals surface area (Å²) >= 11 is 0. The van der Waals surface area contributed by atoms with E-state index in [9.17, 15) is 8.78 Å². The second kappa shape index (κ2) is 5.66. The first-order valence-corrected chi connectivity index (χ1v) is 6.93. The van der Waals surface area contributed by atoms with Gasteiger partial charge in [0.05, 0.1) is 11.7 Å². The molecule has 0 amide bonds. The zero-order valence-electron chi connectivity index (χ0n) is 12.2. The molecule has 1 saturated heterocycles. The molecule has 20 heavy (non-hydrogen) atoms. The highest BCUT2D eigenvalue weighted by molar-refractivity contribution is 5.51. The zero-order valence-corrected chi connectivity index (χ0v) is 12.2. The summed E-state index contributed by atoms with van der Waals surface area (Å²) in [4.78, 5) is 1.73. The van der Waals surface area contributed by atoms with Crippen molar-refractivity contribution in [1.82, 2.24) is 0 Å². The van der Waals surface area contributed by atoms with Gasteiger partial charge >= 0.3 is 0 Å². The lowest BCUT2D eigenvalue weighted by atomic mass is 10.0. The third-order valence-electron chi connectivity index (χ3n) is 3.40. The van der Waals surface area contributed by atoms with Crippen LogP contribution < -0.4 is 10.6 Å². The Balaban J connectivity index is 2.32. The van der Waals surface area contributed by atoms with Crippen molar-refractivity contribution < 1.29 is 13.5 Å². The van der Waals surface area contributed by atoms with Gasteiger partial charge in [-0.15, -0.1) is 0 Å². The van der Waals surface area contributed by atoms with Crippen LogP contribution in [0.15, 0.2) is 12.1 Å². The van der Waals surface area contributed by atoms with Gasteiger partial charge in [-0.3, -0.25) is 0 Å². The van der Waals surface area contributed by atoms with E-state index in [1.165, 1.54) is 12.1 Å². The number of rotatable bonds is 3. The molecule has 0 saturated carbocycles. The minimum atomic E-state index is -0.529. The van der Waals surface area contributed by atoms with Crippen LogP contribution in [-0.4, -0.2) is 31.3 Å². The molecule has 0 radical (unpaired) electrons. The summed E-state index contributed by atoms with van der Waals surface area (Å²) in [5, 5.41) is 0. The fraction of sp³-hybridized carbons (Fsp3) is 0.600. The molecule has 112 valence electrons. The number of morpholine rings is 1. The molecular weight excluding hydrogens is 262 g/mol. The van der Waals surface area contributed by atoms with Crippen molar-refractivity contribution in [3.05, 3.63) is 29.3 Å². The normalized spacial score (nSPS) is 22.1. The number of halogens is 2. The summed E-state index contributed by atoms with van der Waals surface area (Å²) in [6, 6.07) is 2.75. The SMILES string of the molecule is CC1CN(c2c(F)cc(CCN)cc2F)CC(C)(C)O1. The molecule has 5 heteroatoms. The predicted molar refractivity (Wildman–Crippen MR) is 76.0 cm³/mol. The Morgan fingerprint density at radius 1 is 1.35 bits per heavy atom. The first-order valence-electron chi connectivity index (χ1n) is 6.93. The number of ether oxygens (including phenoxy) is 1. The van der Waals surface area contributed by atoms with E-state index in [4.69, 9.17) is 10.5 Å². The van der Waals surface area contributed by atoms with Crippen molar-refractivity contribution >= 4 is 5.69 Å². The summed E-state index contributed by atoms with van der Waals surface area (Å²) < 4.78 is 34.2. The lowest BCUT2D eigenvalue weighted by Gasteiger charge is -2.43. The van der Waals surface area contributed by atoms with Crippen molar-refractivity contribution in [2.75, 3.05) is 24.5 Å². The molecule has 3 nitrogen and oxygen atoms in total. The van der Waals surface area contributed by atoms with Crippen molar-refractivity contribution in [2.45, 2.75) is 38.9 Å². The molecule has 1 aliphatic rings. The minimum Gasteiger partial charge on any atom is -0.369 e. The van der Waals surface area contributed by atoms with Gasteiger partial charge < -0.3 is 15.4 Å². The monoisotopic (exact) mass is 284 g/mol. The van der Waals surface area contributed by atoms with Gasteiger partial charge in [0, 0.05) is 13.1 Å². The summed E-state index contributed by atoms with van der Waals surface area (Å²) in [7, 11) is 0. The first-order chi connectivity index (χ1) is 9.32. The lowest BCUT2D eigenvalue weighted by Crippen LogP contribution is -2.52. The highest BCUT2D eigenvalue weighted by atomic mass is 19.1. The molecule has 1 aliphatic heterocycles. The smallest absolute Gasteiger partial charge is 0.149 e. The molecule has 0 spiro atoms. The molecule has 1 unspecified atom stereocenters. The Morgan fingerprint density at radius 2 is 1.95 bits per heavy atom. The molecule has 2 N–H and O–H groups in total. The second-order valence-corrected chi connectivity index (χ2v) is 6.02. The highest BCUT2D eigenvalue weighted by Gasteiger charge is 2.33. The van der Waals surface area contributed by atoms with E-state index in [1.54, 1.807) is 4.90 Å². The van der Waals surface area contributed by atoms with Crippen LogP contribution in [0, 0.1) is 11.6 Å². The van der Waals surface area contributed by atoms with E-state index in [2.05, 4.69) is 0 Å². The molecule has 0 bridgehead atoms. The number of hydrogen-bond acceptors (Lipinski definition) is 3. The highest BCUT2D eigenvalue weighted by Crippen LogP contribution is 2.30. The standard InChI is InChI=1S/C15H22F2N2O/c1-10-8-19(9-15(2,3)20-10)14-12(16)6-11(4-5-18)7-13(14)17/h6-7,10H,4-5,8-9,18H2,1-3H3. The molecule has 1 fully saturated rings. The fourth-order valence-corrected chi connectivity index (χ4v) is 2.86. The topological polar surface area (TPSA) is 38.5 Å². The summed E-state index contributed by atoms with van der Waals surface area (Å²) in [5.41, 5.74) is 5.63. The minimum absolute atomic E-state index is 0.0361. The zero-order chi connectivity index (χ0) is 14.9. The molecule has 2 rings (SSSR count). The maximum absolute atomic E-state index is 14.2. The third kappa shape index (κ3) is 3.27. The van der Waals surface area contributed by atoms with E-state index in [1.807, 2.05) is 20.8 Å². The third-order valence-corrected chi connectivity index (χ3v) is 3.40. The van der Waals surface area contributed by atoms with E-state index in [-0.39, 0.29) is 11.8 Å². The van der Waals surface area contributed by atoms with E-state index >= 15 is 0 Å². The van der Waals surface area contributed by atoms with Gasteiger partial charge in [0.15, 0.2) is 0 Å². The van der Waals surface area contributed by atoms with Gasteiger partial charge in [0.1, 0.15) is 17.3 Å². The lowest BCUT2D eigenvalue weighted by molar-refractivity contribution is -0.0752. The van der Waals surface area contributed by atoms with E-state index in [0.717, 1.165) is 0 Å². The first kappa shape index (κ1) is 15.2. The van der Waals surface area contributed by atoms with Gasteiger partial charge in [0.25, 0.3) is 0 Å². The summed E-state index contributed by atoms with van der Waals surface area (Å²) in [6.45, 7) is 7.07. The van der Waals surface area contributed by atoms with Gasteiger partial charge in [-0.25, -0.2) is 8.78 Å². The van der Waals surface area contributed by atoms with Crippen LogP contribution in [-0.2, 0) is 11.2 Å². The predicted octanol–water partition coefficient (Wildman–Crippen LogP) is 2.47. The maximum Gasteiger partial charge on any atom is 0.149 e. The Bertz CT molecular complexity index is 468. The summed E-state index contributed by atoms with van der Waals surface area (Å²) in [6.07, 6.45) is 0.403. The number of nitrogens with two attached hydrogens (primary N) is 1. The van der Waals surface area contributed by atoms with Crippen LogP contribution in [0.25, 0.3) is 0 Å². The van der Waals surface area contributed by atoms with Gasteiger partial charge in [0.2, 0.25) is 0 Å². The fourth-order valence-electron chi connectivity index (χ4n) is 2.86. The van der Waals surface area contributed by atoms with Gasteiger partial charge in [-0.2, -0.15) is 0 Å². The maximum atomic E-state index is 14.2. The largest absolute Gasteiger partial charge is 0.369 e. The van der Waals surface area contributed by atoms with Gasteiger partial charge in [-0.05, 0) is 51.4 Å². The molecule has 1 aromatic carbocycles. The Hall–Kier alpha value is -1.20. The summed E-state index contributed by atoms with van der Waals surface area (Å²) in [5.74, 6) is -1.06. The Morgan fingerprint density at radius 3 is 2.45 bits per heavy atom. The molecular formula is C15H22F2N2O.